The van der Waals surface area contributed by atoms with Crippen LogP contribution in [0.3, 0.4) is 0 Å². The monoisotopic (exact) mass is 472 g/mol. The lowest BCUT2D eigenvalue weighted by Gasteiger charge is -2.31. The third-order valence-electron chi connectivity index (χ3n) is 6.52. The predicted octanol–water partition coefficient (Wildman–Crippen LogP) is 3.79. The molecule has 0 saturated carbocycles. The fourth-order valence-corrected chi connectivity index (χ4v) is 6.02. The molecule has 9 heteroatoms. The number of likely N-dealkylation sites (N-methyl/N-ethyl adjacent to an activating group) is 1. The summed E-state index contributed by atoms with van der Waals surface area (Å²) in [4.78, 5) is 44.8. The van der Waals surface area contributed by atoms with Gasteiger partial charge < -0.3 is 9.32 Å². The van der Waals surface area contributed by atoms with E-state index in [4.69, 9.17) is 4.42 Å². The molecule has 0 radical (unpaired) electrons. The van der Waals surface area contributed by atoms with Crippen molar-refractivity contribution < 1.29 is 14.0 Å². The Morgan fingerprint density at radius 2 is 1.88 bits per heavy atom. The van der Waals surface area contributed by atoms with Crippen LogP contribution in [-0.2, 0) is 16.8 Å². The molecule has 8 nitrogen and oxygen atoms in total. The van der Waals surface area contributed by atoms with Crippen LogP contribution in [0.1, 0.15) is 45.6 Å². The van der Waals surface area contributed by atoms with Gasteiger partial charge in [-0.3, -0.25) is 19.3 Å². The molecule has 2 aromatic carbocycles. The van der Waals surface area contributed by atoms with Gasteiger partial charge in [0.15, 0.2) is 11.0 Å². The van der Waals surface area contributed by atoms with Gasteiger partial charge in [-0.1, -0.05) is 48.1 Å². The van der Waals surface area contributed by atoms with Crippen LogP contribution in [0.2, 0.25) is 0 Å². The first-order chi connectivity index (χ1) is 16.4. The Hall–Kier alpha value is -3.85. The van der Waals surface area contributed by atoms with Crippen LogP contribution in [0.5, 0.6) is 0 Å². The highest BCUT2D eigenvalue weighted by Crippen LogP contribution is 2.53. The summed E-state index contributed by atoms with van der Waals surface area (Å²) < 4.78 is 6.04. The molecular weight excluding hydrogens is 452 g/mol. The van der Waals surface area contributed by atoms with Crippen LogP contribution in [-0.4, -0.2) is 29.1 Å². The molecule has 2 aliphatic heterocycles. The van der Waals surface area contributed by atoms with Crippen LogP contribution in [0, 0.1) is 6.92 Å². The largest absolute Gasteiger partial charge is 0.450 e. The van der Waals surface area contributed by atoms with Crippen LogP contribution in [0.25, 0.3) is 11.0 Å². The second-order valence-electron chi connectivity index (χ2n) is 8.60. The van der Waals surface area contributed by atoms with Crippen LogP contribution in [0.4, 0.5) is 10.8 Å². The van der Waals surface area contributed by atoms with Gasteiger partial charge in [0.1, 0.15) is 10.6 Å². The van der Waals surface area contributed by atoms with E-state index in [-0.39, 0.29) is 16.5 Å². The van der Waals surface area contributed by atoms with Gasteiger partial charge in [-0.05, 0) is 31.5 Å². The zero-order chi connectivity index (χ0) is 23.8. The number of carbonyl (C=O) groups excluding carboxylic acids is 2. The summed E-state index contributed by atoms with van der Waals surface area (Å²) in [5, 5.41) is 9.85. The molecule has 1 unspecified atom stereocenters. The molecule has 1 spiro atoms. The molecule has 6 rings (SSSR count). The summed E-state index contributed by atoms with van der Waals surface area (Å²) in [6, 6.07) is 12.4. The maximum Gasteiger partial charge on any atom is 0.297 e. The van der Waals surface area contributed by atoms with E-state index in [2.05, 4.69) is 10.2 Å². The highest BCUT2D eigenvalue weighted by atomic mass is 32.1. The lowest BCUT2D eigenvalue weighted by atomic mass is 9.84. The fourth-order valence-electron chi connectivity index (χ4n) is 5.03. The predicted molar refractivity (Wildman–Crippen MR) is 129 cm³/mol. The summed E-state index contributed by atoms with van der Waals surface area (Å²) in [7, 11) is 1.64. The average molecular weight is 473 g/mol. The average Bonchev–Trinajstić information content (AvgIpc) is 3.45. The van der Waals surface area contributed by atoms with E-state index in [1.165, 1.54) is 21.1 Å². The van der Waals surface area contributed by atoms with Gasteiger partial charge in [-0.25, -0.2) is 0 Å². The number of carbonyl (C=O) groups is 2. The number of para-hydroxylation sites is 1. The zero-order valence-corrected chi connectivity index (χ0v) is 19.6. The topological polar surface area (TPSA) is 96.6 Å². The van der Waals surface area contributed by atoms with Crippen molar-refractivity contribution in [3.63, 3.8) is 0 Å². The Morgan fingerprint density at radius 1 is 1.09 bits per heavy atom. The van der Waals surface area contributed by atoms with E-state index in [1.54, 1.807) is 37.4 Å². The van der Waals surface area contributed by atoms with Crippen molar-refractivity contribution in [2.45, 2.75) is 32.2 Å². The molecule has 4 aromatic rings. The number of nitrogens with zero attached hydrogens (tertiary/aromatic N) is 4. The van der Waals surface area contributed by atoms with E-state index in [0.29, 0.717) is 28.6 Å². The molecule has 0 N–H and O–H groups in total. The van der Waals surface area contributed by atoms with Gasteiger partial charge in [0, 0.05) is 24.7 Å². The minimum absolute atomic E-state index is 0.0321. The Labute approximate surface area is 198 Å². The number of anilines is 2. The molecule has 0 fully saturated rings. The number of amides is 2. The molecule has 2 aromatic heterocycles. The molecule has 2 aliphatic rings. The first kappa shape index (κ1) is 20.7. The van der Waals surface area contributed by atoms with Crippen molar-refractivity contribution >= 4 is 44.9 Å². The smallest absolute Gasteiger partial charge is 0.297 e. The van der Waals surface area contributed by atoms with E-state index in [1.807, 2.05) is 26.0 Å². The minimum atomic E-state index is -1.71. The zero-order valence-electron chi connectivity index (χ0n) is 18.8. The normalized spacial score (nSPS) is 18.9. The summed E-state index contributed by atoms with van der Waals surface area (Å²) in [5.74, 6) is -1.12. The summed E-state index contributed by atoms with van der Waals surface area (Å²) in [6.07, 6.45) is 1.56. The highest BCUT2D eigenvalue weighted by Gasteiger charge is 2.66. The second kappa shape index (κ2) is 7.07. The lowest BCUT2D eigenvalue weighted by Crippen LogP contribution is -2.53. The molecule has 4 heterocycles. The van der Waals surface area contributed by atoms with Crippen LogP contribution < -0.4 is 15.2 Å². The van der Waals surface area contributed by atoms with Crippen LogP contribution >= 0.6 is 11.3 Å². The molecule has 2 amide bonds. The quantitative estimate of drug-likeness (QED) is 0.450. The van der Waals surface area contributed by atoms with Crippen molar-refractivity contribution in [1.82, 2.24) is 10.2 Å². The van der Waals surface area contributed by atoms with Gasteiger partial charge in [0.25, 0.3) is 11.8 Å². The van der Waals surface area contributed by atoms with Crippen LogP contribution in [0.15, 0.2) is 51.7 Å². The summed E-state index contributed by atoms with van der Waals surface area (Å²) in [5.41, 5.74) is 0.270. The van der Waals surface area contributed by atoms with Crippen molar-refractivity contribution in [2.24, 2.45) is 0 Å². The Morgan fingerprint density at radius 3 is 2.68 bits per heavy atom. The van der Waals surface area contributed by atoms with Gasteiger partial charge in [-0.2, -0.15) is 0 Å². The van der Waals surface area contributed by atoms with Gasteiger partial charge in [-0.15, -0.1) is 10.2 Å². The minimum Gasteiger partial charge on any atom is -0.450 e. The number of hydrogen-bond donors (Lipinski definition) is 0. The number of rotatable bonds is 3. The highest BCUT2D eigenvalue weighted by molar-refractivity contribution is 7.15. The molecule has 0 aliphatic carbocycles. The number of fused-ring (bicyclic) bond motifs is 5. The number of benzene rings is 2. The number of hydrogen-bond acceptors (Lipinski definition) is 7. The molecule has 0 bridgehead atoms. The van der Waals surface area contributed by atoms with E-state index in [0.717, 1.165) is 17.0 Å². The molecule has 1 atom stereocenters. The van der Waals surface area contributed by atoms with E-state index >= 15 is 0 Å². The van der Waals surface area contributed by atoms with E-state index in [9.17, 15) is 14.4 Å². The molecule has 34 heavy (non-hydrogen) atoms. The van der Waals surface area contributed by atoms with Gasteiger partial charge in [0.2, 0.25) is 10.9 Å². The standard InChI is InChI=1S/C25H20N4O4S/c1-4-7-18-26-27-24(34-18)29-22(31)21-19(20(30)14-12-13(2)10-11-17(14)33-21)25(29)15-8-5-6-9-16(15)28(3)23(25)32/h5-6,8-12H,4,7H2,1-3H3. The lowest BCUT2D eigenvalue weighted by molar-refractivity contribution is -0.121. The van der Waals surface area contributed by atoms with Crippen molar-refractivity contribution in [3.05, 3.63) is 80.1 Å². The molecular formula is C25H20N4O4S. The third kappa shape index (κ3) is 2.44. The third-order valence-corrected chi connectivity index (χ3v) is 7.49. The van der Waals surface area contributed by atoms with E-state index < -0.39 is 22.8 Å². The second-order valence-corrected chi connectivity index (χ2v) is 9.64. The van der Waals surface area contributed by atoms with Gasteiger partial charge >= 0.3 is 0 Å². The number of aryl methyl sites for hydroxylation is 2. The molecule has 170 valence electrons. The maximum atomic E-state index is 14.1. The maximum absolute atomic E-state index is 14.1. The number of aromatic nitrogens is 2. The van der Waals surface area contributed by atoms with Crippen molar-refractivity contribution in [3.8, 4) is 0 Å². The Bertz CT molecular complexity index is 1590. The van der Waals surface area contributed by atoms with Gasteiger partial charge in [0.05, 0.1) is 10.9 Å². The first-order valence-electron chi connectivity index (χ1n) is 11.0. The van der Waals surface area contributed by atoms with Crippen molar-refractivity contribution in [1.29, 1.82) is 0 Å². The first-order valence-corrected chi connectivity index (χ1v) is 11.8. The molecule has 0 saturated heterocycles. The summed E-state index contributed by atoms with van der Waals surface area (Å²) >= 11 is 1.25. The Kier molecular flexibility index (Phi) is 4.31. The summed E-state index contributed by atoms with van der Waals surface area (Å²) in [6.45, 7) is 3.90. The fraction of sp³-hybridized carbons (Fsp3) is 0.240. The Balaban J connectivity index is 1.75. The van der Waals surface area contributed by atoms with Crippen molar-refractivity contribution in [2.75, 3.05) is 16.8 Å². The SMILES string of the molecule is CCCc1nnc(N2C(=O)c3oc4ccc(C)cc4c(=O)c3C23C(=O)N(C)c2ccccc23)s1.